The number of esters is 1. The van der Waals surface area contributed by atoms with Crippen molar-refractivity contribution in [2.45, 2.75) is 4.90 Å². The predicted molar refractivity (Wildman–Crippen MR) is 114 cm³/mol. The molecule has 0 spiro atoms. The van der Waals surface area contributed by atoms with Gasteiger partial charge in [-0.05, 0) is 35.7 Å². The SMILES string of the molecule is O=C(COC(=O)/C=C/c1cccs1)Nc1cc(S(=O)(=O)N2CCOCC2)ccc1Cl. The lowest BCUT2D eigenvalue weighted by Gasteiger charge is -2.26. The van der Waals surface area contributed by atoms with Gasteiger partial charge in [-0.1, -0.05) is 17.7 Å². The highest BCUT2D eigenvalue weighted by molar-refractivity contribution is 7.89. The summed E-state index contributed by atoms with van der Waals surface area (Å²) in [4.78, 5) is 24.7. The van der Waals surface area contributed by atoms with Gasteiger partial charge in [0.2, 0.25) is 10.0 Å². The molecule has 2 aromatic rings. The first-order chi connectivity index (χ1) is 14.4. The molecule has 160 valence electrons. The fraction of sp³-hybridized carbons (Fsp3) is 0.263. The maximum Gasteiger partial charge on any atom is 0.331 e. The highest BCUT2D eigenvalue weighted by atomic mass is 35.5. The van der Waals surface area contributed by atoms with E-state index >= 15 is 0 Å². The first kappa shape index (κ1) is 22.4. The number of carbonyl (C=O) groups is 2. The molecule has 0 bridgehead atoms. The minimum absolute atomic E-state index is 0.0000223. The van der Waals surface area contributed by atoms with Crippen LogP contribution in [-0.2, 0) is 29.1 Å². The van der Waals surface area contributed by atoms with E-state index in [0.717, 1.165) is 4.88 Å². The third-order valence-electron chi connectivity index (χ3n) is 4.09. The number of sulfonamides is 1. The lowest BCUT2D eigenvalue weighted by Crippen LogP contribution is -2.40. The first-order valence-electron chi connectivity index (χ1n) is 8.92. The van der Waals surface area contributed by atoms with Gasteiger partial charge in [-0.3, -0.25) is 4.79 Å². The molecule has 1 aliphatic heterocycles. The molecule has 1 aliphatic rings. The molecule has 1 aromatic carbocycles. The molecule has 1 fully saturated rings. The van der Waals surface area contributed by atoms with E-state index in [1.165, 1.54) is 39.9 Å². The molecule has 0 saturated carbocycles. The predicted octanol–water partition coefficient (Wildman–Crippen LogP) is 2.62. The molecule has 1 amide bonds. The van der Waals surface area contributed by atoms with Crippen LogP contribution < -0.4 is 5.32 Å². The topological polar surface area (TPSA) is 102 Å². The van der Waals surface area contributed by atoms with Gasteiger partial charge in [-0.25, -0.2) is 13.2 Å². The van der Waals surface area contributed by atoms with Crippen molar-refractivity contribution in [1.82, 2.24) is 4.31 Å². The number of hydrogen-bond donors (Lipinski definition) is 1. The van der Waals surface area contributed by atoms with Crippen LogP contribution in [0.25, 0.3) is 6.08 Å². The number of carbonyl (C=O) groups excluding carboxylic acids is 2. The Morgan fingerprint density at radius 1 is 1.27 bits per heavy atom. The van der Waals surface area contributed by atoms with Crippen molar-refractivity contribution in [1.29, 1.82) is 0 Å². The first-order valence-corrected chi connectivity index (χ1v) is 11.6. The molecule has 0 unspecified atom stereocenters. The molecule has 11 heteroatoms. The van der Waals surface area contributed by atoms with Crippen molar-refractivity contribution in [2.75, 3.05) is 38.2 Å². The summed E-state index contributed by atoms with van der Waals surface area (Å²) in [5.41, 5.74) is 0.112. The second-order valence-electron chi connectivity index (χ2n) is 6.16. The summed E-state index contributed by atoms with van der Waals surface area (Å²) in [6.45, 7) is 0.610. The zero-order chi connectivity index (χ0) is 21.6. The number of morpholine rings is 1. The van der Waals surface area contributed by atoms with Crippen LogP contribution >= 0.6 is 22.9 Å². The zero-order valence-electron chi connectivity index (χ0n) is 15.7. The monoisotopic (exact) mass is 470 g/mol. The van der Waals surface area contributed by atoms with Crippen LogP contribution in [0.2, 0.25) is 5.02 Å². The second kappa shape index (κ2) is 10.2. The van der Waals surface area contributed by atoms with E-state index in [1.54, 1.807) is 6.08 Å². The number of ether oxygens (including phenoxy) is 2. The van der Waals surface area contributed by atoms with E-state index in [1.807, 2.05) is 17.5 Å². The van der Waals surface area contributed by atoms with E-state index < -0.39 is 28.5 Å². The fourth-order valence-corrected chi connectivity index (χ4v) is 4.82. The molecule has 1 saturated heterocycles. The molecule has 0 radical (unpaired) electrons. The lowest BCUT2D eigenvalue weighted by molar-refractivity contribution is -0.142. The Kier molecular flexibility index (Phi) is 7.62. The average molecular weight is 471 g/mol. The Bertz CT molecular complexity index is 1030. The van der Waals surface area contributed by atoms with Gasteiger partial charge in [0.15, 0.2) is 6.61 Å². The van der Waals surface area contributed by atoms with Crippen LogP contribution in [0.15, 0.2) is 46.7 Å². The Morgan fingerprint density at radius 3 is 2.73 bits per heavy atom. The summed E-state index contributed by atoms with van der Waals surface area (Å²) in [6.07, 6.45) is 2.81. The Morgan fingerprint density at radius 2 is 2.03 bits per heavy atom. The van der Waals surface area contributed by atoms with Crippen molar-refractivity contribution in [3.63, 3.8) is 0 Å². The summed E-state index contributed by atoms with van der Waals surface area (Å²) in [6, 6.07) is 7.73. The minimum atomic E-state index is -3.74. The summed E-state index contributed by atoms with van der Waals surface area (Å²) in [7, 11) is -3.74. The second-order valence-corrected chi connectivity index (χ2v) is 9.49. The number of hydrogen-bond acceptors (Lipinski definition) is 7. The smallest absolute Gasteiger partial charge is 0.331 e. The number of amides is 1. The van der Waals surface area contributed by atoms with Gasteiger partial charge in [0, 0.05) is 24.0 Å². The van der Waals surface area contributed by atoms with Gasteiger partial charge in [-0.15, -0.1) is 11.3 Å². The number of nitrogens with zero attached hydrogens (tertiary/aromatic N) is 1. The van der Waals surface area contributed by atoms with Crippen LogP contribution in [0.1, 0.15) is 4.88 Å². The van der Waals surface area contributed by atoms with Crippen molar-refractivity contribution in [3.05, 3.63) is 51.7 Å². The third kappa shape index (κ3) is 5.89. The number of rotatable bonds is 7. The Hall–Kier alpha value is -2.24. The van der Waals surface area contributed by atoms with Crippen LogP contribution in [0, 0.1) is 0 Å². The molecular weight excluding hydrogens is 452 g/mol. The molecule has 2 heterocycles. The number of nitrogens with one attached hydrogen (secondary N) is 1. The van der Waals surface area contributed by atoms with Crippen LogP contribution in [0.3, 0.4) is 0 Å². The third-order valence-corrected chi connectivity index (χ3v) is 7.15. The Labute approximate surface area is 183 Å². The number of benzene rings is 1. The number of thiophene rings is 1. The normalized spacial score (nSPS) is 15.2. The van der Waals surface area contributed by atoms with Gasteiger partial charge in [0.25, 0.3) is 5.91 Å². The van der Waals surface area contributed by atoms with Crippen LogP contribution in [0.5, 0.6) is 0 Å². The van der Waals surface area contributed by atoms with Gasteiger partial charge in [0.05, 0.1) is 28.8 Å². The van der Waals surface area contributed by atoms with Gasteiger partial charge < -0.3 is 14.8 Å². The van der Waals surface area contributed by atoms with Gasteiger partial charge in [0.1, 0.15) is 0 Å². The largest absolute Gasteiger partial charge is 0.452 e. The van der Waals surface area contributed by atoms with E-state index in [9.17, 15) is 18.0 Å². The number of halogens is 1. The summed E-state index contributed by atoms with van der Waals surface area (Å²) < 4.78 is 36.9. The Balaban J connectivity index is 1.61. The van der Waals surface area contributed by atoms with Crippen molar-refractivity contribution >= 4 is 56.6 Å². The highest BCUT2D eigenvalue weighted by Crippen LogP contribution is 2.27. The molecule has 0 atom stereocenters. The average Bonchev–Trinajstić information content (AvgIpc) is 3.26. The summed E-state index contributed by atoms with van der Waals surface area (Å²) >= 11 is 7.54. The summed E-state index contributed by atoms with van der Waals surface area (Å²) in [5.74, 6) is -1.32. The van der Waals surface area contributed by atoms with Gasteiger partial charge in [-0.2, -0.15) is 4.31 Å². The van der Waals surface area contributed by atoms with E-state index in [2.05, 4.69) is 5.32 Å². The molecule has 1 N–H and O–H groups in total. The van der Waals surface area contributed by atoms with Gasteiger partial charge >= 0.3 is 5.97 Å². The molecule has 8 nitrogen and oxygen atoms in total. The quantitative estimate of drug-likeness (QED) is 0.493. The molecule has 1 aromatic heterocycles. The summed E-state index contributed by atoms with van der Waals surface area (Å²) in [5, 5.41) is 4.50. The van der Waals surface area contributed by atoms with Crippen LogP contribution in [-0.4, -0.2) is 57.5 Å². The molecule has 30 heavy (non-hydrogen) atoms. The molecular formula is C19H19ClN2O6S2. The maximum absolute atomic E-state index is 12.8. The van der Waals surface area contributed by atoms with Crippen LogP contribution in [0.4, 0.5) is 5.69 Å². The standard InChI is InChI=1S/C19H19ClN2O6S2/c20-16-5-4-15(30(25,26)22-7-9-27-10-8-22)12-17(16)21-18(23)13-28-19(24)6-3-14-2-1-11-29-14/h1-6,11-12H,7-10,13H2,(H,21,23)/b6-3+. The van der Waals surface area contributed by atoms with E-state index in [-0.39, 0.29) is 28.7 Å². The maximum atomic E-state index is 12.8. The zero-order valence-corrected chi connectivity index (χ0v) is 18.1. The van der Waals surface area contributed by atoms with Crippen molar-refractivity contribution < 1.29 is 27.5 Å². The van der Waals surface area contributed by atoms with E-state index in [4.69, 9.17) is 21.1 Å². The van der Waals surface area contributed by atoms with E-state index in [0.29, 0.717) is 13.2 Å². The fourth-order valence-electron chi connectivity index (χ4n) is 2.60. The lowest BCUT2D eigenvalue weighted by atomic mass is 10.3. The van der Waals surface area contributed by atoms with Crippen molar-refractivity contribution in [3.8, 4) is 0 Å². The highest BCUT2D eigenvalue weighted by Gasteiger charge is 2.27. The number of anilines is 1. The minimum Gasteiger partial charge on any atom is -0.452 e. The van der Waals surface area contributed by atoms with Crippen molar-refractivity contribution in [2.24, 2.45) is 0 Å². The molecule has 3 rings (SSSR count). The molecule has 0 aliphatic carbocycles.